The van der Waals surface area contributed by atoms with Crippen LogP contribution in [-0.4, -0.2) is 81.3 Å². The molecule has 1 saturated heterocycles. The molecule has 1 aliphatic rings. The summed E-state index contributed by atoms with van der Waals surface area (Å²) >= 11 is 1.72. The Labute approximate surface area is 166 Å². The molecular weight excluding hydrogens is 366 g/mol. The highest BCUT2D eigenvalue weighted by atomic mass is 32.2. The van der Waals surface area contributed by atoms with Crippen LogP contribution in [0.15, 0.2) is 12.1 Å². The zero-order valence-corrected chi connectivity index (χ0v) is 17.5. The van der Waals surface area contributed by atoms with Crippen LogP contribution in [0.2, 0.25) is 0 Å². The van der Waals surface area contributed by atoms with Gasteiger partial charge >= 0.3 is 0 Å². The van der Waals surface area contributed by atoms with E-state index in [0.717, 1.165) is 37.4 Å². The molecule has 1 heterocycles. The maximum atomic E-state index is 12.4. The van der Waals surface area contributed by atoms with E-state index in [-0.39, 0.29) is 11.9 Å². The van der Waals surface area contributed by atoms with Gasteiger partial charge in [-0.1, -0.05) is 0 Å². The maximum Gasteiger partial charge on any atom is 0.239 e. The number of carbonyl (C=O) groups excluding carboxylic acids is 1. The van der Waals surface area contributed by atoms with Gasteiger partial charge in [0.15, 0.2) is 11.5 Å². The van der Waals surface area contributed by atoms with Gasteiger partial charge in [-0.3, -0.25) is 9.69 Å². The molecule has 27 heavy (non-hydrogen) atoms. The Morgan fingerprint density at radius 1 is 1.11 bits per heavy atom. The average Bonchev–Trinajstić information content (AvgIpc) is 2.71. The second-order valence-corrected chi connectivity index (χ2v) is 7.51. The normalized spacial score (nSPS) is 16.1. The number of methoxy groups -OCH3 is 3. The average molecular weight is 398 g/mol. The van der Waals surface area contributed by atoms with E-state index in [4.69, 9.17) is 19.9 Å². The van der Waals surface area contributed by atoms with Gasteiger partial charge < -0.3 is 24.8 Å². The van der Waals surface area contributed by atoms with Crippen LogP contribution < -0.4 is 19.9 Å². The SMILES string of the molecule is COc1cc(CN2CCN(C(=O)[C@@H](N)CCSC)CC2)cc(OC)c1OC. The van der Waals surface area contributed by atoms with E-state index >= 15 is 0 Å². The summed E-state index contributed by atoms with van der Waals surface area (Å²) in [4.78, 5) is 16.6. The second kappa shape index (κ2) is 10.6. The molecule has 8 heteroatoms. The first-order chi connectivity index (χ1) is 13.0. The van der Waals surface area contributed by atoms with Gasteiger partial charge in [0.1, 0.15) is 0 Å². The summed E-state index contributed by atoms with van der Waals surface area (Å²) < 4.78 is 16.2. The highest BCUT2D eigenvalue weighted by Gasteiger charge is 2.25. The molecule has 0 aliphatic carbocycles. The van der Waals surface area contributed by atoms with E-state index in [0.29, 0.717) is 30.3 Å². The highest BCUT2D eigenvalue weighted by molar-refractivity contribution is 7.98. The number of carbonyl (C=O) groups is 1. The number of rotatable bonds is 9. The van der Waals surface area contributed by atoms with E-state index in [1.54, 1.807) is 33.1 Å². The second-order valence-electron chi connectivity index (χ2n) is 6.52. The first-order valence-corrected chi connectivity index (χ1v) is 10.5. The number of nitrogens with zero attached hydrogens (tertiary/aromatic N) is 2. The molecule has 1 aromatic carbocycles. The van der Waals surface area contributed by atoms with Crippen molar-refractivity contribution in [2.75, 3.05) is 59.5 Å². The topological polar surface area (TPSA) is 77.3 Å². The summed E-state index contributed by atoms with van der Waals surface area (Å²) in [6.07, 6.45) is 2.75. The number of thioether (sulfide) groups is 1. The van der Waals surface area contributed by atoms with E-state index in [1.165, 1.54) is 0 Å². The van der Waals surface area contributed by atoms with Crippen molar-refractivity contribution in [3.8, 4) is 17.2 Å². The Kier molecular flexibility index (Phi) is 8.53. The lowest BCUT2D eigenvalue weighted by molar-refractivity contribution is -0.134. The zero-order chi connectivity index (χ0) is 19.8. The predicted molar refractivity (Wildman–Crippen MR) is 109 cm³/mol. The molecule has 7 nitrogen and oxygen atoms in total. The molecule has 1 atom stereocenters. The predicted octanol–water partition coefficient (Wildman–Crippen LogP) is 1.44. The van der Waals surface area contributed by atoms with Gasteiger partial charge in [0.05, 0.1) is 27.4 Å². The van der Waals surface area contributed by atoms with Gasteiger partial charge in [-0.05, 0) is 36.1 Å². The zero-order valence-electron chi connectivity index (χ0n) is 16.7. The molecule has 0 radical (unpaired) electrons. The number of ether oxygens (including phenoxy) is 3. The number of nitrogens with two attached hydrogens (primary N) is 1. The van der Waals surface area contributed by atoms with Crippen LogP contribution in [0.5, 0.6) is 17.2 Å². The lowest BCUT2D eigenvalue weighted by atomic mass is 10.1. The summed E-state index contributed by atoms with van der Waals surface area (Å²) in [6.45, 7) is 3.80. The Bertz CT molecular complexity index is 596. The van der Waals surface area contributed by atoms with Crippen LogP contribution in [0.3, 0.4) is 0 Å². The fraction of sp³-hybridized carbons (Fsp3) is 0.632. The van der Waals surface area contributed by atoms with Crippen molar-refractivity contribution in [1.82, 2.24) is 9.80 Å². The molecule has 0 aromatic heterocycles. The molecular formula is C19H31N3O4S. The van der Waals surface area contributed by atoms with Gasteiger partial charge in [0, 0.05) is 32.7 Å². The van der Waals surface area contributed by atoms with Gasteiger partial charge in [-0.2, -0.15) is 11.8 Å². The molecule has 152 valence electrons. The number of benzene rings is 1. The van der Waals surface area contributed by atoms with Gasteiger partial charge in [-0.25, -0.2) is 0 Å². The molecule has 0 unspecified atom stereocenters. The highest BCUT2D eigenvalue weighted by Crippen LogP contribution is 2.38. The molecule has 0 saturated carbocycles. The summed E-state index contributed by atoms with van der Waals surface area (Å²) in [7, 11) is 4.83. The Morgan fingerprint density at radius 3 is 2.19 bits per heavy atom. The monoisotopic (exact) mass is 397 g/mol. The third-order valence-corrected chi connectivity index (χ3v) is 5.41. The van der Waals surface area contributed by atoms with E-state index in [9.17, 15) is 4.79 Å². The molecule has 1 aromatic rings. The molecule has 0 spiro atoms. The van der Waals surface area contributed by atoms with Crippen molar-refractivity contribution in [3.63, 3.8) is 0 Å². The summed E-state index contributed by atoms with van der Waals surface area (Å²) in [5.74, 6) is 2.88. The van der Waals surface area contributed by atoms with Crippen molar-refractivity contribution >= 4 is 17.7 Å². The largest absolute Gasteiger partial charge is 0.493 e. The van der Waals surface area contributed by atoms with Crippen LogP contribution in [0.1, 0.15) is 12.0 Å². The third kappa shape index (κ3) is 5.67. The number of hydrogen-bond donors (Lipinski definition) is 1. The fourth-order valence-corrected chi connectivity index (χ4v) is 3.70. The van der Waals surface area contributed by atoms with Gasteiger partial charge in [-0.15, -0.1) is 0 Å². The van der Waals surface area contributed by atoms with Crippen molar-refractivity contribution in [1.29, 1.82) is 0 Å². The molecule has 1 fully saturated rings. The molecule has 0 bridgehead atoms. The van der Waals surface area contributed by atoms with Crippen LogP contribution in [0.4, 0.5) is 0 Å². The minimum atomic E-state index is -0.390. The summed E-state index contributed by atoms with van der Waals surface area (Å²) in [5, 5.41) is 0. The lowest BCUT2D eigenvalue weighted by Crippen LogP contribution is -2.53. The lowest BCUT2D eigenvalue weighted by Gasteiger charge is -2.36. The third-order valence-electron chi connectivity index (χ3n) is 4.76. The van der Waals surface area contributed by atoms with Crippen LogP contribution >= 0.6 is 11.8 Å². The maximum absolute atomic E-state index is 12.4. The fourth-order valence-electron chi connectivity index (χ4n) is 3.21. The van der Waals surface area contributed by atoms with Gasteiger partial charge in [0.2, 0.25) is 11.7 Å². The first-order valence-electron chi connectivity index (χ1n) is 9.08. The Hall–Kier alpha value is -1.64. The summed E-state index contributed by atoms with van der Waals surface area (Å²) in [5.41, 5.74) is 7.11. The van der Waals surface area contributed by atoms with Gasteiger partial charge in [0.25, 0.3) is 0 Å². The first kappa shape index (κ1) is 21.7. The number of hydrogen-bond acceptors (Lipinski definition) is 7. The van der Waals surface area contributed by atoms with E-state index < -0.39 is 0 Å². The Balaban J connectivity index is 1.95. The van der Waals surface area contributed by atoms with Crippen molar-refractivity contribution < 1.29 is 19.0 Å². The van der Waals surface area contributed by atoms with Crippen LogP contribution in [0.25, 0.3) is 0 Å². The summed E-state index contributed by atoms with van der Waals surface area (Å²) in [6, 6.07) is 3.55. The smallest absolute Gasteiger partial charge is 0.239 e. The van der Waals surface area contributed by atoms with E-state index in [1.807, 2.05) is 23.3 Å². The number of piperazine rings is 1. The van der Waals surface area contributed by atoms with E-state index in [2.05, 4.69) is 4.90 Å². The molecule has 2 N–H and O–H groups in total. The quantitative estimate of drug-likeness (QED) is 0.675. The molecule has 1 amide bonds. The number of amides is 1. The van der Waals surface area contributed by atoms with Crippen molar-refractivity contribution in [2.24, 2.45) is 5.73 Å². The minimum absolute atomic E-state index is 0.0662. The standard InChI is InChI=1S/C19H31N3O4S/c1-24-16-11-14(12-17(25-2)18(16)26-3)13-21-6-8-22(9-7-21)19(23)15(20)5-10-27-4/h11-12,15H,5-10,13,20H2,1-4H3/t15-/m0/s1. The van der Waals surface area contributed by atoms with Crippen molar-refractivity contribution in [2.45, 2.75) is 19.0 Å². The molecule has 2 rings (SSSR count). The van der Waals surface area contributed by atoms with Crippen molar-refractivity contribution in [3.05, 3.63) is 17.7 Å². The minimum Gasteiger partial charge on any atom is -0.493 e. The van der Waals surface area contributed by atoms with Crippen LogP contribution in [0, 0.1) is 0 Å². The van der Waals surface area contributed by atoms with Crippen LogP contribution in [-0.2, 0) is 11.3 Å². The molecule has 1 aliphatic heterocycles. The Morgan fingerprint density at radius 2 is 1.70 bits per heavy atom.